The number of halogens is 4. The van der Waals surface area contributed by atoms with E-state index < -0.39 is 4.70 Å². The minimum absolute atomic E-state index is 0.575. The zero-order chi connectivity index (χ0) is 13.7. The summed E-state index contributed by atoms with van der Waals surface area (Å²) in [7, 11) is 0. The second kappa shape index (κ2) is 7.00. The monoisotopic (exact) mass is 325 g/mol. The molecule has 0 fully saturated rings. The Hall–Kier alpha value is -0.740. The summed E-state index contributed by atoms with van der Waals surface area (Å²) in [5.74, 6) is 0.732. The van der Waals surface area contributed by atoms with Gasteiger partial charge in [-0.1, -0.05) is 34.4 Å². The average molecular weight is 327 g/mol. The highest BCUT2D eigenvalue weighted by Crippen LogP contribution is 2.33. The van der Waals surface area contributed by atoms with E-state index in [2.05, 4.69) is 28.4 Å². The summed E-state index contributed by atoms with van der Waals surface area (Å²) >= 11 is 20.8. The van der Waals surface area contributed by atoms with E-state index in [0.29, 0.717) is 21.3 Å². The van der Waals surface area contributed by atoms with Crippen molar-refractivity contribution < 1.29 is 9.32 Å². The van der Waals surface area contributed by atoms with Gasteiger partial charge in [-0.2, -0.15) is 0 Å². The van der Waals surface area contributed by atoms with Crippen LogP contribution in [0.5, 0.6) is 0 Å². The van der Waals surface area contributed by atoms with Gasteiger partial charge in [0.25, 0.3) is 0 Å². The fourth-order valence-corrected chi connectivity index (χ4v) is 1.82. The van der Waals surface area contributed by atoms with E-state index >= 15 is 0 Å². The predicted octanol–water partition coefficient (Wildman–Crippen LogP) is 5.54. The second-order valence-electron chi connectivity index (χ2n) is 3.15. The molecule has 0 saturated carbocycles. The van der Waals surface area contributed by atoms with Gasteiger partial charge in [0, 0.05) is 11.6 Å². The first-order chi connectivity index (χ1) is 8.41. The van der Waals surface area contributed by atoms with Gasteiger partial charge in [-0.15, -0.1) is 0 Å². The van der Waals surface area contributed by atoms with Crippen molar-refractivity contribution in [2.24, 2.45) is 0 Å². The van der Waals surface area contributed by atoms with Gasteiger partial charge in [0.1, 0.15) is 11.5 Å². The van der Waals surface area contributed by atoms with Crippen molar-refractivity contribution in [2.45, 2.75) is 6.92 Å². The Balaban J connectivity index is 0.000000357. The molecule has 0 radical (unpaired) electrons. The van der Waals surface area contributed by atoms with Gasteiger partial charge >= 0.3 is 4.70 Å². The third-order valence-corrected chi connectivity index (χ3v) is 2.48. The van der Waals surface area contributed by atoms with Crippen molar-refractivity contribution >= 4 is 51.1 Å². The molecular weight excluding hydrogens is 320 g/mol. The van der Waals surface area contributed by atoms with Crippen LogP contribution in [0.4, 0.5) is 4.79 Å². The highest BCUT2D eigenvalue weighted by molar-refractivity contribution is 6.93. The third kappa shape index (κ3) is 4.50. The summed E-state index contributed by atoms with van der Waals surface area (Å²) in [6.07, 6.45) is 0. The number of nitrogens with zero attached hydrogens (tertiary/aromatic N) is 1. The summed E-state index contributed by atoms with van der Waals surface area (Å²) in [6.45, 7) is 1.82. The molecule has 0 bridgehead atoms. The maximum Gasteiger partial charge on any atom is 0.313 e. The molecule has 18 heavy (non-hydrogen) atoms. The molecule has 1 aromatic heterocycles. The first-order valence-electron chi connectivity index (χ1n) is 4.64. The minimum Gasteiger partial charge on any atom is -0.361 e. The fraction of sp³-hybridized carbons (Fsp3) is 0.0909. The van der Waals surface area contributed by atoms with E-state index in [-0.39, 0.29) is 0 Å². The molecule has 96 valence electrons. The molecular formula is C11H7Cl4NO2. The number of carbonyl (C=O) groups excluding carboxylic acids is 1. The fourth-order valence-electron chi connectivity index (χ4n) is 1.23. The molecule has 0 aliphatic heterocycles. The summed E-state index contributed by atoms with van der Waals surface area (Å²) in [4.78, 5) is 8.98. The summed E-state index contributed by atoms with van der Waals surface area (Å²) in [6, 6.07) is 7.13. The van der Waals surface area contributed by atoms with Crippen LogP contribution in [0.2, 0.25) is 10.0 Å². The highest BCUT2D eigenvalue weighted by atomic mass is 35.5. The van der Waals surface area contributed by atoms with Gasteiger partial charge in [0.15, 0.2) is 0 Å². The molecule has 0 spiro atoms. The molecule has 7 heteroatoms. The van der Waals surface area contributed by atoms with Crippen LogP contribution < -0.4 is 0 Å². The lowest BCUT2D eigenvalue weighted by molar-refractivity contribution is 0.275. The molecule has 0 aliphatic carbocycles. The van der Waals surface area contributed by atoms with Gasteiger partial charge in [-0.3, -0.25) is 4.79 Å². The van der Waals surface area contributed by atoms with E-state index in [1.165, 1.54) is 0 Å². The Labute approximate surface area is 124 Å². The Bertz CT molecular complexity index is 529. The zero-order valence-electron chi connectivity index (χ0n) is 9.08. The number of aryl methyl sites for hydroxylation is 1. The second-order valence-corrected chi connectivity index (χ2v) is 4.84. The lowest BCUT2D eigenvalue weighted by Gasteiger charge is -2.01. The van der Waals surface area contributed by atoms with E-state index in [1.807, 2.05) is 6.92 Å². The van der Waals surface area contributed by atoms with Crippen LogP contribution in [0, 0.1) is 6.92 Å². The van der Waals surface area contributed by atoms with Crippen molar-refractivity contribution in [1.82, 2.24) is 5.16 Å². The average Bonchev–Trinajstić information content (AvgIpc) is 2.63. The minimum atomic E-state index is -0.889. The summed E-state index contributed by atoms with van der Waals surface area (Å²) < 4.78 is 4.07. The standard InChI is InChI=1S/C10H7Cl2NO.CCl2O/c1-6-5-9(13-14-6)10-7(11)3-2-4-8(10)12;2-1(3)4/h2-5H,1H3;. The van der Waals surface area contributed by atoms with Crippen LogP contribution in [0.25, 0.3) is 11.3 Å². The number of carbonyl (C=O) groups is 1. The van der Waals surface area contributed by atoms with Gasteiger partial charge in [0.05, 0.1) is 10.0 Å². The molecule has 0 amide bonds. The molecule has 1 heterocycles. The van der Waals surface area contributed by atoms with Crippen molar-refractivity contribution in [3.8, 4) is 11.3 Å². The third-order valence-electron chi connectivity index (χ3n) is 1.85. The molecule has 0 saturated heterocycles. The quantitative estimate of drug-likeness (QED) is 0.646. The Kier molecular flexibility index (Phi) is 5.96. The molecule has 0 N–H and O–H groups in total. The molecule has 2 aromatic rings. The van der Waals surface area contributed by atoms with Crippen LogP contribution in [-0.2, 0) is 0 Å². The summed E-state index contributed by atoms with van der Waals surface area (Å²) in [5, 5.41) is 5.01. The van der Waals surface area contributed by atoms with Crippen LogP contribution >= 0.6 is 46.4 Å². The smallest absolute Gasteiger partial charge is 0.313 e. The first kappa shape index (κ1) is 15.3. The van der Waals surface area contributed by atoms with Crippen LogP contribution in [-0.4, -0.2) is 9.86 Å². The van der Waals surface area contributed by atoms with Crippen LogP contribution in [0.1, 0.15) is 5.76 Å². The van der Waals surface area contributed by atoms with E-state index in [1.54, 1.807) is 24.3 Å². The molecule has 3 nitrogen and oxygen atoms in total. The topological polar surface area (TPSA) is 43.1 Å². The first-order valence-corrected chi connectivity index (χ1v) is 6.15. The number of benzene rings is 1. The highest BCUT2D eigenvalue weighted by Gasteiger charge is 2.11. The summed E-state index contributed by atoms with van der Waals surface area (Å²) in [5.41, 5.74) is 1.38. The van der Waals surface area contributed by atoms with E-state index in [0.717, 1.165) is 5.76 Å². The molecule has 0 atom stereocenters. The molecule has 0 unspecified atom stereocenters. The maximum absolute atomic E-state index is 8.98. The van der Waals surface area contributed by atoms with E-state index in [4.69, 9.17) is 32.5 Å². The zero-order valence-corrected chi connectivity index (χ0v) is 12.1. The predicted molar refractivity (Wildman–Crippen MR) is 73.8 cm³/mol. The SMILES string of the molecule is Cc1cc(-c2c(Cl)cccc2Cl)no1.O=C(Cl)Cl. The van der Waals surface area contributed by atoms with Crippen molar-refractivity contribution in [1.29, 1.82) is 0 Å². The maximum atomic E-state index is 8.98. The van der Waals surface area contributed by atoms with Crippen LogP contribution in [0.3, 0.4) is 0 Å². The number of hydrogen-bond donors (Lipinski definition) is 0. The van der Waals surface area contributed by atoms with Gasteiger partial charge in [0.2, 0.25) is 0 Å². The molecule has 0 aliphatic rings. The molecule has 2 rings (SSSR count). The van der Waals surface area contributed by atoms with Gasteiger partial charge in [-0.25, -0.2) is 0 Å². The number of aromatic nitrogens is 1. The number of rotatable bonds is 1. The Morgan fingerprint density at radius 2 is 1.72 bits per heavy atom. The largest absolute Gasteiger partial charge is 0.361 e. The van der Waals surface area contributed by atoms with Crippen molar-refractivity contribution in [2.75, 3.05) is 0 Å². The normalized spacial score (nSPS) is 9.61. The van der Waals surface area contributed by atoms with Gasteiger partial charge in [-0.05, 0) is 42.3 Å². The van der Waals surface area contributed by atoms with Gasteiger partial charge < -0.3 is 4.52 Å². The van der Waals surface area contributed by atoms with E-state index in [9.17, 15) is 0 Å². The Morgan fingerprint density at radius 3 is 2.11 bits per heavy atom. The lowest BCUT2D eigenvalue weighted by Crippen LogP contribution is -1.80. The Morgan fingerprint density at radius 1 is 1.22 bits per heavy atom. The number of hydrogen-bond acceptors (Lipinski definition) is 3. The molecule has 1 aromatic carbocycles. The lowest BCUT2D eigenvalue weighted by atomic mass is 10.1. The van der Waals surface area contributed by atoms with Crippen molar-refractivity contribution in [3.05, 3.63) is 40.1 Å². The van der Waals surface area contributed by atoms with Crippen molar-refractivity contribution in [3.63, 3.8) is 0 Å². The van der Waals surface area contributed by atoms with Crippen LogP contribution in [0.15, 0.2) is 28.8 Å².